The van der Waals surface area contributed by atoms with E-state index in [0.717, 1.165) is 24.8 Å². The lowest BCUT2D eigenvalue weighted by Crippen LogP contribution is -2.10. The molecule has 1 heterocycles. The molecule has 0 fully saturated rings. The third kappa shape index (κ3) is 4.24. The van der Waals surface area contributed by atoms with E-state index in [0.29, 0.717) is 6.42 Å². The Morgan fingerprint density at radius 2 is 1.94 bits per heavy atom. The van der Waals surface area contributed by atoms with Crippen molar-refractivity contribution in [2.75, 3.05) is 0 Å². The van der Waals surface area contributed by atoms with Crippen molar-refractivity contribution in [3.8, 4) is 0 Å². The van der Waals surface area contributed by atoms with Gasteiger partial charge in [0, 0.05) is 4.88 Å². The van der Waals surface area contributed by atoms with E-state index < -0.39 is 0 Å². The highest BCUT2D eigenvalue weighted by molar-refractivity contribution is 7.09. The van der Waals surface area contributed by atoms with Gasteiger partial charge >= 0.3 is 0 Å². The first kappa shape index (κ1) is 13.2. The monoisotopic (exact) mass is 264 g/mol. The van der Waals surface area contributed by atoms with Gasteiger partial charge in [0.25, 0.3) is 0 Å². The van der Waals surface area contributed by atoms with Crippen molar-refractivity contribution in [2.24, 2.45) is 0 Å². The van der Waals surface area contributed by atoms with Crippen molar-refractivity contribution in [1.82, 2.24) is 0 Å². The zero-order valence-corrected chi connectivity index (χ0v) is 11.0. The van der Waals surface area contributed by atoms with Crippen molar-refractivity contribution < 1.29 is 9.50 Å². The van der Waals surface area contributed by atoms with Crippen molar-refractivity contribution >= 4 is 11.3 Å². The number of benzene rings is 1. The van der Waals surface area contributed by atoms with Crippen LogP contribution in [0.1, 0.15) is 23.3 Å². The number of thiophene rings is 1. The van der Waals surface area contributed by atoms with Crippen LogP contribution in [0.4, 0.5) is 4.39 Å². The lowest BCUT2D eigenvalue weighted by atomic mass is 10.0. The topological polar surface area (TPSA) is 20.2 Å². The van der Waals surface area contributed by atoms with Gasteiger partial charge < -0.3 is 5.11 Å². The minimum atomic E-state index is -0.338. The number of hydrogen-bond acceptors (Lipinski definition) is 2. The maximum atomic E-state index is 12.7. The highest BCUT2D eigenvalue weighted by Gasteiger charge is 2.06. The normalized spacial score (nSPS) is 12.6. The molecule has 0 aliphatic carbocycles. The molecule has 2 rings (SSSR count). The Bertz CT molecular complexity index is 450. The zero-order valence-electron chi connectivity index (χ0n) is 10.2. The standard InChI is InChI=1S/C15H17FOS/c16-13-8-6-12(7-9-13)11-14(17)3-1-4-15-5-2-10-18-15/h2,5-10,14,17H,1,3-4,11H2. The fourth-order valence-corrected chi connectivity index (χ4v) is 2.71. The van der Waals surface area contributed by atoms with Gasteiger partial charge in [0.05, 0.1) is 6.10 Å². The van der Waals surface area contributed by atoms with Gasteiger partial charge in [0.1, 0.15) is 5.82 Å². The minimum Gasteiger partial charge on any atom is -0.393 e. The Morgan fingerprint density at radius 1 is 1.17 bits per heavy atom. The lowest BCUT2D eigenvalue weighted by molar-refractivity contribution is 0.162. The van der Waals surface area contributed by atoms with E-state index >= 15 is 0 Å². The number of rotatable bonds is 6. The molecular formula is C15H17FOS. The summed E-state index contributed by atoms with van der Waals surface area (Å²) in [5, 5.41) is 12.0. The third-order valence-electron chi connectivity index (χ3n) is 2.93. The van der Waals surface area contributed by atoms with Crippen LogP contribution >= 0.6 is 11.3 Å². The summed E-state index contributed by atoms with van der Waals surface area (Å²) >= 11 is 1.76. The second-order valence-electron chi connectivity index (χ2n) is 4.46. The number of hydrogen-bond donors (Lipinski definition) is 1. The van der Waals surface area contributed by atoms with E-state index in [1.54, 1.807) is 23.5 Å². The highest BCUT2D eigenvalue weighted by atomic mass is 32.1. The van der Waals surface area contributed by atoms with Crippen LogP contribution in [-0.2, 0) is 12.8 Å². The summed E-state index contributed by atoms with van der Waals surface area (Å²) in [6.07, 6.45) is 3.07. The Labute approximate surface area is 111 Å². The summed E-state index contributed by atoms with van der Waals surface area (Å²) in [5.74, 6) is -0.231. The van der Waals surface area contributed by atoms with Crippen LogP contribution < -0.4 is 0 Å². The molecule has 1 atom stereocenters. The Hall–Kier alpha value is -1.19. The molecule has 1 N–H and O–H groups in total. The van der Waals surface area contributed by atoms with Crippen LogP contribution in [0.2, 0.25) is 0 Å². The van der Waals surface area contributed by atoms with E-state index in [4.69, 9.17) is 0 Å². The van der Waals surface area contributed by atoms with Crippen LogP contribution in [0.15, 0.2) is 41.8 Å². The summed E-state index contributed by atoms with van der Waals surface area (Å²) in [6.45, 7) is 0. The van der Waals surface area contributed by atoms with Crippen molar-refractivity contribution in [3.05, 3.63) is 58.0 Å². The smallest absolute Gasteiger partial charge is 0.123 e. The summed E-state index contributed by atoms with van der Waals surface area (Å²) < 4.78 is 12.7. The molecule has 18 heavy (non-hydrogen) atoms. The fraction of sp³-hybridized carbons (Fsp3) is 0.333. The van der Waals surface area contributed by atoms with E-state index in [2.05, 4.69) is 17.5 Å². The first-order chi connectivity index (χ1) is 8.74. The largest absolute Gasteiger partial charge is 0.393 e. The molecule has 0 aliphatic heterocycles. The summed E-state index contributed by atoms with van der Waals surface area (Å²) in [4.78, 5) is 1.36. The molecule has 0 aliphatic rings. The molecule has 1 unspecified atom stereocenters. The molecule has 0 saturated carbocycles. The van der Waals surface area contributed by atoms with Crippen molar-refractivity contribution in [2.45, 2.75) is 31.8 Å². The number of aliphatic hydroxyl groups excluding tert-OH is 1. The molecule has 1 aromatic carbocycles. The summed E-state index contributed by atoms with van der Waals surface area (Å²) in [5.41, 5.74) is 0.986. The Kier molecular flexibility index (Phi) is 4.90. The molecule has 96 valence electrons. The van der Waals surface area contributed by atoms with E-state index in [9.17, 15) is 9.50 Å². The molecule has 0 bridgehead atoms. The second-order valence-corrected chi connectivity index (χ2v) is 5.49. The van der Waals surface area contributed by atoms with Crippen LogP contribution in [0.25, 0.3) is 0 Å². The molecule has 0 saturated heterocycles. The molecule has 0 spiro atoms. The molecular weight excluding hydrogens is 247 g/mol. The maximum Gasteiger partial charge on any atom is 0.123 e. The summed E-state index contributed by atoms with van der Waals surface area (Å²) in [6, 6.07) is 10.5. The molecule has 1 aromatic heterocycles. The SMILES string of the molecule is OC(CCCc1cccs1)Cc1ccc(F)cc1. The van der Waals surface area contributed by atoms with Gasteiger partial charge in [0.2, 0.25) is 0 Å². The molecule has 0 radical (unpaired) electrons. The van der Waals surface area contributed by atoms with Gasteiger partial charge in [-0.05, 0) is 54.8 Å². The van der Waals surface area contributed by atoms with Gasteiger partial charge in [-0.2, -0.15) is 0 Å². The van der Waals surface area contributed by atoms with Gasteiger partial charge in [-0.25, -0.2) is 4.39 Å². The second kappa shape index (κ2) is 6.66. The quantitative estimate of drug-likeness (QED) is 0.841. The zero-order chi connectivity index (χ0) is 12.8. The minimum absolute atomic E-state index is 0.231. The van der Waals surface area contributed by atoms with Gasteiger partial charge in [-0.15, -0.1) is 11.3 Å². The predicted molar refractivity (Wildman–Crippen MR) is 73.4 cm³/mol. The third-order valence-corrected chi connectivity index (χ3v) is 3.86. The van der Waals surface area contributed by atoms with Crippen LogP contribution in [0.3, 0.4) is 0 Å². The molecule has 2 aromatic rings. The predicted octanol–water partition coefficient (Wildman–Crippen LogP) is 3.81. The fourth-order valence-electron chi connectivity index (χ4n) is 1.96. The van der Waals surface area contributed by atoms with Gasteiger partial charge in [0.15, 0.2) is 0 Å². The number of halogens is 1. The average molecular weight is 264 g/mol. The first-order valence-corrected chi connectivity index (χ1v) is 7.07. The summed E-state index contributed by atoms with van der Waals surface area (Å²) in [7, 11) is 0. The Morgan fingerprint density at radius 3 is 2.61 bits per heavy atom. The van der Waals surface area contributed by atoms with Gasteiger partial charge in [-0.3, -0.25) is 0 Å². The van der Waals surface area contributed by atoms with Crippen molar-refractivity contribution in [1.29, 1.82) is 0 Å². The van der Waals surface area contributed by atoms with Crippen molar-refractivity contribution in [3.63, 3.8) is 0 Å². The van der Waals surface area contributed by atoms with Crippen LogP contribution in [0.5, 0.6) is 0 Å². The van der Waals surface area contributed by atoms with Crippen LogP contribution in [0, 0.1) is 5.82 Å². The number of aryl methyl sites for hydroxylation is 1. The molecule has 0 amide bonds. The maximum absolute atomic E-state index is 12.7. The van der Waals surface area contributed by atoms with Crippen LogP contribution in [-0.4, -0.2) is 11.2 Å². The number of aliphatic hydroxyl groups is 1. The molecule has 3 heteroatoms. The molecule has 1 nitrogen and oxygen atoms in total. The highest BCUT2D eigenvalue weighted by Crippen LogP contribution is 2.14. The van der Waals surface area contributed by atoms with E-state index in [-0.39, 0.29) is 11.9 Å². The Balaban J connectivity index is 1.71. The first-order valence-electron chi connectivity index (χ1n) is 6.19. The average Bonchev–Trinajstić information content (AvgIpc) is 2.85. The van der Waals surface area contributed by atoms with E-state index in [1.165, 1.54) is 17.0 Å². The van der Waals surface area contributed by atoms with E-state index in [1.807, 2.05) is 0 Å². The van der Waals surface area contributed by atoms with Gasteiger partial charge in [-0.1, -0.05) is 18.2 Å². The lowest BCUT2D eigenvalue weighted by Gasteiger charge is -2.10.